The lowest BCUT2D eigenvalue weighted by molar-refractivity contribution is 0.322. The maximum Gasteiger partial charge on any atom is 0.158 e. The lowest BCUT2D eigenvalue weighted by atomic mass is 10.1. The number of rotatable bonds is 6. The lowest BCUT2D eigenvalue weighted by Gasteiger charge is -2.18. The van der Waals surface area contributed by atoms with Crippen LogP contribution >= 0.6 is 23.4 Å². The van der Waals surface area contributed by atoms with Gasteiger partial charge in [0.05, 0.1) is 18.1 Å². The van der Waals surface area contributed by atoms with E-state index in [2.05, 4.69) is 0 Å². The van der Waals surface area contributed by atoms with Crippen LogP contribution in [-0.4, -0.2) is 13.2 Å². The fraction of sp³-hybridized carbons (Fsp3) is 0.222. The number of hydrogen-bond acceptors (Lipinski definition) is 6. The Morgan fingerprint density at radius 3 is 2.16 bits per heavy atom. The van der Waals surface area contributed by atoms with E-state index in [1.54, 1.807) is 19.9 Å². The Balaban J connectivity index is 2.76. The summed E-state index contributed by atoms with van der Waals surface area (Å²) in [6.07, 6.45) is 0. The molecule has 128 valence electrons. The summed E-state index contributed by atoms with van der Waals surface area (Å²) in [6.45, 7) is 4.21. The number of anilines is 1. The van der Waals surface area contributed by atoms with Crippen molar-refractivity contribution in [3.05, 3.63) is 40.4 Å². The highest BCUT2D eigenvalue weighted by Gasteiger charge is 2.26. The van der Waals surface area contributed by atoms with Gasteiger partial charge in [0.1, 0.15) is 28.3 Å². The van der Waals surface area contributed by atoms with E-state index in [4.69, 9.17) is 26.8 Å². The molecule has 2 rings (SSSR count). The number of nitrogens with two attached hydrogens (primary N) is 1. The third-order valence-electron chi connectivity index (χ3n) is 3.24. The fourth-order valence-electron chi connectivity index (χ4n) is 2.20. The van der Waals surface area contributed by atoms with Crippen molar-refractivity contribution in [2.24, 2.45) is 0 Å². The van der Waals surface area contributed by atoms with E-state index in [1.807, 2.05) is 30.3 Å². The van der Waals surface area contributed by atoms with E-state index < -0.39 is 0 Å². The number of halogens is 1. The molecule has 25 heavy (non-hydrogen) atoms. The predicted octanol–water partition coefficient (Wildman–Crippen LogP) is 4.61. The van der Waals surface area contributed by atoms with Gasteiger partial charge in [-0.1, -0.05) is 35.5 Å². The van der Waals surface area contributed by atoms with Gasteiger partial charge in [-0.15, -0.1) is 0 Å². The van der Waals surface area contributed by atoms with Crippen molar-refractivity contribution in [2.45, 2.75) is 23.6 Å². The summed E-state index contributed by atoms with van der Waals surface area (Å²) in [5, 5.41) is 19.3. The normalized spacial score (nSPS) is 9.96. The smallest absolute Gasteiger partial charge is 0.158 e. The number of benzene rings is 2. The van der Waals surface area contributed by atoms with Crippen LogP contribution in [0.2, 0.25) is 5.02 Å². The molecule has 0 aromatic heterocycles. The van der Waals surface area contributed by atoms with Gasteiger partial charge in [0.15, 0.2) is 11.5 Å². The van der Waals surface area contributed by atoms with Crippen molar-refractivity contribution in [1.82, 2.24) is 0 Å². The second-order valence-electron chi connectivity index (χ2n) is 4.78. The average Bonchev–Trinajstić information content (AvgIpc) is 2.61. The summed E-state index contributed by atoms with van der Waals surface area (Å²) >= 11 is 7.79. The summed E-state index contributed by atoms with van der Waals surface area (Å²) in [6, 6.07) is 11.3. The van der Waals surface area contributed by atoms with Crippen LogP contribution in [0.4, 0.5) is 5.69 Å². The largest absolute Gasteiger partial charge is 0.491 e. The number of nitrogens with zero attached hydrogens (tertiary/aromatic N) is 2. The van der Waals surface area contributed by atoms with Gasteiger partial charge < -0.3 is 15.2 Å². The maximum absolute atomic E-state index is 9.57. The molecule has 0 aliphatic rings. The molecule has 0 unspecified atom stereocenters. The highest BCUT2D eigenvalue weighted by molar-refractivity contribution is 7.99. The van der Waals surface area contributed by atoms with Gasteiger partial charge in [0.2, 0.25) is 0 Å². The SMILES string of the molecule is CCOc1c(Cl)c(Sc2ccccc2N)c(OCC)c(C#N)c1C#N. The van der Waals surface area contributed by atoms with E-state index in [0.717, 1.165) is 4.90 Å². The minimum atomic E-state index is 0.0724. The topological polar surface area (TPSA) is 92.1 Å². The van der Waals surface area contributed by atoms with E-state index in [1.165, 1.54) is 11.8 Å². The Morgan fingerprint density at radius 1 is 1.04 bits per heavy atom. The Morgan fingerprint density at radius 2 is 1.60 bits per heavy atom. The molecule has 0 saturated carbocycles. The van der Waals surface area contributed by atoms with Crippen molar-refractivity contribution in [1.29, 1.82) is 10.5 Å². The fourth-order valence-corrected chi connectivity index (χ4v) is 3.54. The molecular formula is C18H16ClN3O2S. The van der Waals surface area contributed by atoms with Crippen LogP contribution in [0.1, 0.15) is 25.0 Å². The Kier molecular flexibility index (Phi) is 6.41. The monoisotopic (exact) mass is 373 g/mol. The Hall–Kier alpha value is -2.54. The van der Waals surface area contributed by atoms with Gasteiger partial charge >= 0.3 is 0 Å². The van der Waals surface area contributed by atoms with Crippen molar-refractivity contribution >= 4 is 29.1 Å². The highest BCUT2D eigenvalue weighted by atomic mass is 35.5. The van der Waals surface area contributed by atoms with Crippen molar-refractivity contribution in [3.8, 4) is 23.6 Å². The standard InChI is InChI=1S/C18H16ClN3O2S/c1-3-23-16-11(9-20)12(10-21)17(24-4-2)18(15(16)19)25-14-8-6-5-7-13(14)22/h5-8H,3-4,22H2,1-2H3. The van der Waals surface area contributed by atoms with Gasteiger partial charge in [-0.05, 0) is 26.0 Å². The number of nitriles is 2. The molecule has 0 atom stereocenters. The molecule has 0 radical (unpaired) electrons. The highest BCUT2D eigenvalue weighted by Crippen LogP contribution is 2.49. The first-order chi connectivity index (χ1) is 12.1. The minimum absolute atomic E-state index is 0.0724. The number of nitrogen functional groups attached to an aromatic ring is 1. The van der Waals surface area contributed by atoms with Crippen LogP contribution in [0, 0.1) is 22.7 Å². The zero-order chi connectivity index (χ0) is 18.4. The summed E-state index contributed by atoms with van der Waals surface area (Å²) in [5.74, 6) is 0.451. The van der Waals surface area contributed by atoms with E-state index in [0.29, 0.717) is 23.8 Å². The molecule has 7 heteroatoms. The summed E-state index contributed by atoms with van der Waals surface area (Å²) in [5.41, 5.74) is 6.77. The quantitative estimate of drug-likeness (QED) is 0.743. The zero-order valence-electron chi connectivity index (χ0n) is 13.8. The molecule has 0 spiro atoms. The molecule has 0 heterocycles. The third kappa shape index (κ3) is 3.76. The van der Waals surface area contributed by atoms with E-state index >= 15 is 0 Å². The van der Waals surface area contributed by atoms with Crippen LogP contribution in [0.15, 0.2) is 34.1 Å². The first-order valence-electron chi connectivity index (χ1n) is 7.56. The molecule has 0 amide bonds. The Labute approximate surface area is 155 Å². The molecule has 0 bridgehead atoms. The average molecular weight is 374 g/mol. The van der Waals surface area contributed by atoms with Gasteiger partial charge in [-0.25, -0.2) is 0 Å². The first kappa shape index (κ1) is 18.8. The molecule has 2 aromatic carbocycles. The van der Waals surface area contributed by atoms with Crippen molar-refractivity contribution < 1.29 is 9.47 Å². The summed E-state index contributed by atoms with van der Waals surface area (Å²) in [4.78, 5) is 1.27. The van der Waals surface area contributed by atoms with Gasteiger partial charge in [0, 0.05) is 10.6 Å². The number of ether oxygens (including phenoxy) is 2. The lowest BCUT2D eigenvalue weighted by Crippen LogP contribution is -2.04. The van der Waals surface area contributed by atoms with Crippen LogP contribution in [-0.2, 0) is 0 Å². The molecule has 2 aromatic rings. The van der Waals surface area contributed by atoms with Gasteiger partial charge in [-0.2, -0.15) is 10.5 Å². The van der Waals surface area contributed by atoms with Gasteiger partial charge in [-0.3, -0.25) is 0 Å². The third-order valence-corrected chi connectivity index (χ3v) is 4.90. The summed E-state index contributed by atoms with van der Waals surface area (Å²) in [7, 11) is 0. The van der Waals surface area contributed by atoms with Crippen molar-refractivity contribution in [3.63, 3.8) is 0 Å². The van der Waals surface area contributed by atoms with Crippen LogP contribution in [0.5, 0.6) is 11.5 Å². The zero-order valence-corrected chi connectivity index (χ0v) is 15.4. The molecule has 5 nitrogen and oxygen atoms in total. The second kappa shape index (κ2) is 8.53. The summed E-state index contributed by atoms with van der Waals surface area (Å²) < 4.78 is 11.2. The maximum atomic E-state index is 9.57. The van der Waals surface area contributed by atoms with Crippen molar-refractivity contribution in [2.75, 3.05) is 18.9 Å². The van der Waals surface area contributed by atoms with Gasteiger partial charge in [0.25, 0.3) is 0 Å². The van der Waals surface area contributed by atoms with Crippen LogP contribution in [0.25, 0.3) is 0 Å². The van der Waals surface area contributed by atoms with Crippen LogP contribution in [0.3, 0.4) is 0 Å². The van der Waals surface area contributed by atoms with Crippen LogP contribution < -0.4 is 15.2 Å². The molecule has 0 fully saturated rings. The molecular weight excluding hydrogens is 358 g/mol. The van der Waals surface area contributed by atoms with E-state index in [9.17, 15) is 10.5 Å². The molecule has 0 aliphatic heterocycles. The molecule has 0 aliphatic carbocycles. The van der Waals surface area contributed by atoms with E-state index in [-0.39, 0.29) is 27.6 Å². The first-order valence-corrected chi connectivity index (χ1v) is 8.75. The second-order valence-corrected chi connectivity index (χ2v) is 6.21. The Bertz CT molecular complexity index is 872. The number of para-hydroxylation sites is 1. The molecule has 2 N–H and O–H groups in total. The number of hydrogen-bond donors (Lipinski definition) is 1. The predicted molar refractivity (Wildman–Crippen MR) is 98.2 cm³/mol. The minimum Gasteiger partial charge on any atom is -0.491 e. The molecule has 0 saturated heterocycles.